The van der Waals surface area contributed by atoms with Crippen LogP contribution >= 0.6 is 0 Å². The van der Waals surface area contributed by atoms with Gasteiger partial charge in [-0.25, -0.2) is 4.98 Å². The van der Waals surface area contributed by atoms with E-state index in [0.717, 1.165) is 17.9 Å². The molecule has 0 aliphatic carbocycles. The Hall–Kier alpha value is -1.84. The number of imidazole rings is 1. The van der Waals surface area contributed by atoms with Gasteiger partial charge in [0.05, 0.1) is 17.6 Å². The molecule has 4 heteroatoms. The minimum atomic E-state index is 0.665. The van der Waals surface area contributed by atoms with Crippen molar-refractivity contribution in [3.05, 3.63) is 36.7 Å². The molecule has 2 aromatic heterocycles. The van der Waals surface area contributed by atoms with Crippen molar-refractivity contribution >= 4 is 5.69 Å². The van der Waals surface area contributed by atoms with E-state index >= 15 is 0 Å². The molecule has 0 fully saturated rings. The summed E-state index contributed by atoms with van der Waals surface area (Å²) in [4.78, 5) is 8.28. The van der Waals surface area contributed by atoms with E-state index in [1.165, 1.54) is 0 Å². The van der Waals surface area contributed by atoms with Crippen molar-refractivity contribution in [2.45, 2.75) is 13.3 Å². The first kappa shape index (κ1) is 8.74. The first-order valence-corrected chi connectivity index (χ1v) is 4.54. The smallest absolute Gasteiger partial charge is 0.112 e. The normalized spacial score (nSPS) is 10.4. The summed E-state index contributed by atoms with van der Waals surface area (Å²) in [5.74, 6) is 1.01. The molecule has 2 N–H and O–H groups in total. The summed E-state index contributed by atoms with van der Waals surface area (Å²) in [5.41, 5.74) is 7.28. The lowest BCUT2D eigenvalue weighted by Gasteiger charge is -2.05. The number of nitrogen functional groups attached to an aromatic ring is 1. The van der Waals surface area contributed by atoms with Crippen molar-refractivity contribution in [3.63, 3.8) is 0 Å². The largest absolute Gasteiger partial charge is 0.397 e. The van der Waals surface area contributed by atoms with E-state index in [-0.39, 0.29) is 0 Å². The van der Waals surface area contributed by atoms with Crippen LogP contribution in [0.1, 0.15) is 12.7 Å². The summed E-state index contributed by atoms with van der Waals surface area (Å²) in [6.07, 6.45) is 7.99. The molecular formula is C10H12N4. The maximum Gasteiger partial charge on any atom is 0.112 e. The first-order chi connectivity index (χ1) is 6.81. The quantitative estimate of drug-likeness (QED) is 0.775. The summed E-state index contributed by atoms with van der Waals surface area (Å²) in [5, 5.41) is 0. The molecule has 14 heavy (non-hydrogen) atoms. The van der Waals surface area contributed by atoms with Gasteiger partial charge < -0.3 is 10.3 Å². The van der Waals surface area contributed by atoms with Crippen LogP contribution in [0.5, 0.6) is 0 Å². The average Bonchev–Trinajstić information content (AvgIpc) is 2.65. The Bertz CT molecular complexity index is 433. The topological polar surface area (TPSA) is 56.7 Å². The number of hydrogen-bond donors (Lipinski definition) is 1. The molecule has 2 heterocycles. The number of hydrogen-bond acceptors (Lipinski definition) is 3. The highest BCUT2D eigenvalue weighted by molar-refractivity contribution is 5.44. The SMILES string of the molecule is CCc1nccn1-c1cncc(N)c1. The number of nitrogens with two attached hydrogens (primary N) is 1. The van der Waals surface area contributed by atoms with E-state index in [4.69, 9.17) is 5.73 Å². The molecule has 2 rings (SSSR count). The van der Waals surface area contributed by atoms with Crippen LogP contribution in [-0.2, 0) is 6.42 Å². The van der Waals surface area contributed by atoms with Gasteiger partial charge in [-0.2, -0.15) is 0 Å². The second kappa shape index (κ2) is 3.49. The zero-order valence-electron chi connectivity index (χ0n) is 8.01. The monoisotopic (exact) mass is 188 g/mol. The number of nitrogens with zero attached hydrogens (tertiary/aromatic N) is 3. The van der Waals surface area contributed by atoms with Crippen LogP contribution in [0.2, 0.25) is 0 Å². The fourth-order valence-corrected chi connectivity index (χ4v) is 1.41. The third kappa shape index (κ3) is 1.46. The maximum absolute atomic E-state index is 5.66. The van der Waals surface area contributed by atoms with Crippen molar-refractivity contribution in [2.75, 3.05) is 5.73 Å². The third-order valence-electron chi connectivity index (χ3n) is 2.06. The lowest BCUT2D eigenvalue weighted by atomic mass is 10.3. The van der Waals surface area contributed by atoms with E-state index in [2.05, 4.69) is 16.9 Å². The molecular weight excluding hydrogens is 176 g/mol. The Labute approximate surface area is 82.4 Å². The van der Waals surface area contributed by atoms with Gasteiger partial charge >= 0.3 is 0 Å². The van der Waals surface area contributed by atoms with Gasteiger partial charge in [0.2, 0.25) is 0 Å². The summed E-state index contributed by atoms with van der Waals surface area (Å²) >= 11 is 0. The van der Waals surface area contributed by atoms with Crippen LogP contribution in [0.3, 0.4) is 0 Å². The van der Waals surface area contributed by atoms with E-state index in [1.54, 1.807) is 18.6 Å². The van der Waals surface area contributed by atoms with Gasteiger partial charge in [0.25, 0.3) is 0 Å². The molecule has 4 nitrogen and oxygen atoms in total. The van der Waals surface area contributed by atoms with E-state index in [0.29, 0.717) is 5.69 Å². The number of aryl methyl sites for hydroxylation is 1. The lowest BCUT2D eigenvalue weighted by Crippen LogP contribution is -2.00. The fourth-order valence-electron chi connectivity index (χ4n) is 1.41. The Morgan fingerprint density at radius 3 is 3.00 bits per heavy atom. The molecule has 0 aliphatic rings. The van der Waals surface area contributed by atoms with Crippen molar-refractivity contribution in [2.24, 2.45) is 0 Å². The molecule has 72 valence electrons. The summed E-state index contributed by atoms with van der Waals surface area (Å²) in [7, 11) is 0. The summed E-state index contributed by atoms with van der Waals surface area (Å²) < 4.78 is 1.99. The van der Waals surface area contributed by atoms with E-state index in [9.17, 15) is 0 Å². The fraction of sp³-hybridized carbons (Fsp3) is 0.200. The van der Waals surface area contributed by atoms with Crippen LogP contribution in [-0.4, -0.2) is 14.5 Å². The number of anilines is 1. The molecule has 0 atom stereocenters. The highest BCUT2D eigenvalue weighted by Gasteiger charge is 2.02. The van der Waals surface area contributed by atoms with Crippen LogP contribution < -0.4 is 5.73 Å². The Morgan fingerprint density at radius 1 is 1.43 bits per heavy atom. The highest BCUT2D eigenvalue weighted by atomic mass is 15.1. The van der Waals surface area contributed by atoms with Crippen molar-refractivity contribution in [1.82, 2.24) is 14.5 Å². The standard InChI is InChI=1S/C10H12N4/c1-2-10-13-3-4-14(10)9-5-8(11)6-12-7-9/h3-7H,2,11H2,1H3. The van der Waals surface area contributed by atoms with Gasteiger partial charge in [-0.3, -0.25) is 4.98 Å². The van der Waals surface area contributed by atoms with Gasteiger partial charge in [-0.15, -0.1) is 0 Å². The highest BCUT2D eigenvalue weighted by Crippen LogP contribution is 2.12. The summed E-state index contributed by atoms with van der Waals surface area (Å²) in [6, 6.07) is 1.88. The molecule has 0 saturated carbocycles. The molecule has 0 aliphatic heterocycles. The third-order valence-corrected chi connectivity index (χ3v) is 2.06. The first-order valence-electron chi connectivity index (χ1n) is 4.54. The Kier molecular flexibility index (Phi) is 2.18. The van der Waals surface area contributed by atoms with Crippen LogP contribution in [0, 0.1) is 0 Å². The predicted octanol–water partition coefficient (Wildman–Crippen LogP) is 1.41. The van der Waals surface area contributed by atoms with Gasteiger partial charge in [-0.1, -0.05) is 6.92 Å². The van der Waals surface area contributed by atoms with Crippen LogP contribution in [0.25, 0.3) is 5.69 Å². The Balaban J connectivity index is 2.49. The van der Waals surface area contributed by atoms with E-state index in [1.807, 2.05) is 16.8 Å². The molecule has 0 bridgehead atoms. The Morgan fingerprint density at radius 2 is 2.29 bits per heavy atom. The number of rotatable bonds is 2. The molecule has 2 aromatic rings. The summed E-state index contributed by atoms with van der Waals surface area (Å²) in [6.45, 7) is 2.07. The second-order valence-electron chi connectivity index (χ2n) is 3.04. The zero-order chi connectivity index (χ0) is 9.97. The average molecular weight is 188 g/mol. The molecule has 0 aromatic carbocycles. The lowest BCUT2D eigenvalue weighted by molar-refractivity contribution is 0.887. The minimum Gasteiger partial charge on any atom is -0.397 e. The van der Waals surface area contributed by atoms with E-state index < -0.39 is 0 Å². The molecule has 0 unspecified atom stereocenters. The molecule has 0 spiro atoms. The second-order valence-corrected chi connectivity index (χ2v) is 3.04. The van der Waals surface area contributed by atoms with Gasteiger partial charge in [0.1, 0.15) is 5.82 Å². The van der Waals surface area contributed by atoms with Crippen molar-refractivity contribution in [3.8, 4) is 5.69 Å². The van der Waals surface area contributed by atoms with Gasteiger partial charge in [0.15, 0.2) is 0 Å². The van der Waals surface area contributed by atoms with Crippen molar-refractivity contribution < 1.29 is 0 Å². The zero-order valence-corrected chi connectivity index (χ0v) is 8.01. The van der Waals surface area contributed by atoms with Crippen LogP contribution in [0.4, 0.5) is 5.69 Å². The van der Waals surface area contributed by atoms with Crippen LogP contribution in [0.15, 0.2) is 30.9 Å². The number of pyridine rings is 1. The predicted molar refractivity (Wildman–Crippen MR) is 55.1 cm³/mol. The molecule has 0 saturated heterocycles. The number of aromatic nitrogens is 3. The van der Waals surface area contributed by atoms with Crippen molar-refractivity contribution in [1.29, 1.82) is 0 Å². The maximum atomic E-state index is 5.66. The minimum absolute atomic E-state index is 0.665. The van der Waals surface area contributed by atoms with Gasteiger partial charge in [0, 0.05) is 25.0 Å². The molecule has 0 amide bonds. The van der Waals surface area contributed by atoms with Gasteiger partial charge in [-0.05, 0) is 6.07 Å². The molecule has 0 radical (unpaired) electrons.